The summed E-state index contributed by atoms with van der Waals surface area (Å²) in [6.45, 7) is 4.35. The molecule has 6 rings (SSSR count). The van der Waals surface area contributed by atoms with Gasteiger partial charge in [0.1, 0.15) is 23.4 Å². The van der Waals surface area contributed by atoms with Gasteiger partial charge in [-0.1, -0.05) is 17.4 Å². The molecule has 204 valence electrons. The van der Waals surface area contributed by atoms with Crippen LogP contribution in [0.2, 0.25) is 0 Å². The normalized spacial score (nSPS) is 19.6. The molecule has 1 fully saturated rings. The van der Waals surface area contributed by atoms with E-state index in [0.717, 1.165) is 16.0 Å². The van der Waals surface area contributed by atoms with Crippen molar-refractivity contribution in [1.29, 1.82) is 0 Å². The average molecular weight is 559 g/mol. The standard InChI is InChI=1S/C30H26N2O7S/c1-4-38-19-7-8-20-24(14-19)40-30(31-20)32-26(16-5-9-21(33)23(13-16)37-3)25(28(35)29(32)36)27(34)17-6-10-22-18(12-17)11-15(2)39-22/h5-10,12-15,26,33-34H,4,11H2,1-3H3/b27-25+/t15-,26-/m1/s1. The number of aliphatic hydroxyl groups is 1. The Bertz CT molecular complexity index is 1710. The Kier molecular flexibility index (Phi) is 6.34. The maximum atomic E-state index is 13.6. The molecule has 0 saturated carbocycles. The smallest absolute Gasteiger partial charge is 0.301 e. The third-order valence-corrected chi connectivity index (χ3v) is 8.02. The number of rotatable bonds is 6. The summed E-state index contributed by atoms with van der Waals surface area (Å²) >= 11 is 1.24. The number of carbonyl (C=O) groups excluding carboxylic acids is 2. The highest BCUT2D eigenvalue weighted by Crippen LogP contribution is 2.46. The minimum absolute atomic E-state index is 0.00437. The maximum Gasteiger partial charge on any atom is 0.301 e. The number of anilines is 1. The highest BCUT2D eigenvalue weighted by atomic mass is 32.1. The molecule has 4 aromatic rings. The number of methoxy groups -OCH3 is 1. The Hall–Kier alpha value is -4.57. The number of carbonyl (C=O) groups is 2. The number of thiazole rings is 1. The molecule has 10 heteroatoms. The molecule has 2 aliphatic rings. The van der Waals surface area contributed by atoms with Crippen molar-refractivity contribution in [3.05, 3.63) is 76.9 Å². The second kappa shape index (κ2) is 9.87. The number of aromatic hydroxyl groups is 1. The lowest BCUT2D eigenvalue weighted by molar-refractivity contribution is -0.132. The summed E-state index contributed by atoms with van der Waals surface area (Å²) in [6, 6.07) is 14.2. The third-order valence-electron chi connectivity index (χ3n) is 7.00. The number of ether oxygens (including phenoxy) is 3. The molecule has 2 atom stereocenters. The molecule has 40 heavy (non-hydrogen) atoms. The molecule has 0 radical (unpaired) electrons. The van der Waals surface area contributed by atoms with Gasteiger partial charge in [0.2, 0.25) is 0 Å². The average Bonchev–Trinajstić information content (AvgIpc) is 3.60. The molecule has 9 nitrogen and oxygen atoms in total. The van der Waals surface area contributed by atoms with E-state index in [9.17, 15) is 19.8 Å². The first-order valence-electron chi connectivity index (χ1n) is 12.8. The number of aliphatic hydroxyl groups excluding tert-OH is 1. The van der Waals surface area contributed by atoms with E-state index in [2.05, 4.69) is 4.98 Å². The van der Waals surface area contributed by atoms with Crippen LogP contribution >= 0.6 is 11.3 Å². The monoisotopic (exact) mass is 558 g/mol. The van der Waals surface area contributed by atoms with Crippen LogP contribution in [-0.4, -0.2) is 46.7 Å². The Balaban J connectivity index is 1.53. The zero-order valence-corrected chi connectivity index (χ0v) is 22.8. The molecule has 3 aromatic carbocycles. The van der Waals surface area contributed by atoms with Crippen molar-refractivity contribution in [3.63, 3.8) is 0 Å². The maximum absolute atomic E-state index is 13.6. The van der Waals surface area contributed by atoms with Crippen LogP contribution in [0, 0.1) is 0 Å². The second-order valence-corrected chi connectivity index (χ2v) is 10.6. The van der Waals surface area contributed by atoms with Crippen LogP contribution in [0.4, 0.5) is 5.13 Å². The molecule has 2 N–H and O–H groups in total. The van der Waals surface area contributed by atoms with Crippen LogP contribution in [0.1, 0.15) is 36.6 Å². The van der Waals surface area contributed by atoms with Gasteiger partial charge < -0.3 is 24.4 Å². The summed E-state index contributed by atoms with van der Waals surface area (Å²) in [6.07, 6.45) is 0.670. The molecule has 0 unspecified atom stereocenters. The molecular formula is C30H26N2O7S. The Morgan fingerprint density at radius 3 is 2.75 bits per heavy atom. The van der Waals surface area contributed by atoms with Crippen molar-refractivity contribution in [2.75, 3.05) is 18.6 Å². The van der Waals surface area contributed by atoms with E-state index in [4.69, 9.17) is 14.2 Å². The van der Waals surface area contributed by atoms with E-state index in [0.29, 0.717) is 35.4 Å². The van der Waals surface area contributed by atoms with E-state index in [-0.39, 0.29) is 34.1 Å². The van der Waals surface area contributed by atoms with Gasteiger partial charge in [0.25, 0.3) is 5.78 Å². The molecule has 1 amide bonds. The number of Topliss-reactive ketones (excluding diaryl/α,β-unsaturated/α-hetero) is 1. The number of benzene rings is 3. The lowest BCUT2D eigenvalue weighted by Crippen LogP contribution is -2.29. The van der Waals surface area contributed by atoms with Gasteiger partial charge in [-0.2, -0.15) is 0 Å². The fourth-order valence-electron chi connectivity index (χ4n) is 5.19. The van der Waals surface area contributed by atoms with Crippen LogP contribution in [-0.2, 0) is 16.0 Å². The lowest BCUT2D eigenvalue weighted by Gasteiger charge is -2.23. The van der Waals surface area contributed by atoms with Gasteiger partial charge in [0, 0.05) is 12.0 Å². The van der Waals surface area contributed by atoms with Gasteiger partial charge in [0.05, 0.1) is 35.5 Å². The minimum Gasteiger partial charge on any atom is -0.507 e. The van der Waals surface area contributed by atoms with Gasteiger partial charge >= 0.3 is 5.91 Å². The first-order chi connectivity index (χ1) is 19.3. The SMILES string of the molecule is CCOc1ccc2nc(N3C(=O)C(=O)/C(=C(/O)c4ccc5c(c4)C[C@@H](C)O5)[C@H]3c3ccc(O)c(OC)c3)sc2c1. The third kappa shape index (κ3) is 4.21. The molecule has 1 aromatic heterocycles. The molecule has 0 bridgehead atoms. The number of phenolic OH excluding ortho intramolecular Hbond substituents is 1. The van der Waals surface area contributed by atoms with E-state index >= 15 is 0 Å². The van der Waals surface area contributed by atoms with Gasteiger partial charge in [-0.3, -0.25) is 14.5 Å². The second-order valence-electron chi connectivity index (χ2n) is 9.61. The highest BCUT2D eigenvalue weighted by molar-refractivity contribution is 7.22. The molecule has 2 aliphatic heterocycles. The highest BCUT2D eigenvalue weighted by Gasteiger charge is 2.48. The zero-order valence-electron chi connectivity index (χ0n) is 22.0. The van der Waals surface area contributed by atoms with Crippen molar-refractivity contribution in [3.8, 4) is 23.0 Å². The van der Waals surface area contributed by atoms with E-state index < -0.39 is 17.7 Å². The van der Waals surface area contributed by atoms with Crippen LogP contribution in [0.5, 0.6) is 23.0 Å². The lowest BCUT2D eigenvalue weighted by atomic mass is 9.94. The molecule has 3 heterocycles. The number of ketones is 1. The van der Waals surface area contributed by atoms with Gasteiger partial charge in [-0.25, -0.2) is 4.98 Å². The summed E-state index contributed by atoms with van der Waals surface area (Å²) in [5.41, 5.74) is 2.32. The van der Waals surface area contributed by atoms with Crippen LogP contribution in [0.25, 0.3) is 16.0 Å². The van der Waals surface area contributed by atoms with Crippen molar-refractivity contribution in [2.24, 2.45) is 0 Å². The number of fused-ring (bicyclic) bond motifs is 2. The molecule has 0 aliphatic carbocycles. The number of hydrogen-bond acceptors (Lipinski definition) is 9. The largest absolute Gasteiger partial charge is 0.507 e. The predicted molar refractivity (Wildman–Crippen MR) is 150 cm³/mol. The molecule has 0 spiro atoms. The van der Waals surface area contributed by atoms with E-state index in [1.807, 2.05) is 19.9 Å². The van der Waals surface area contributed by atoms with Gasteiger partial charge in [0.15, 0.2) is 16.6 Å². The first kappa shape index (κ1) is 25.7. The summed E-state index contributed by atoms with van der Waals surface area (Å²) < 4.78 is 17.5. The summed E-state index contributed by atoms with van der Waals surface area (Å²) in [5.74, 6) is -0.501. The zero-order chi connectivity index (χ0) is 28.1. The first-order valence-corrected chi connectivity index (χ1v) is 13.6. The number of nitrogens with zero attached hydrogens (tertiary/aromatic N) is 2. The Labute approximate surface area is 233 Å². The van der Waals surface area contributed by atoms with Crippen molar-refractivity contribution in [1.82, 2.24) is 4.98 Å². The molecule has 1 saturated heterocycles. The van der Waals surface area contributed by atoms with Crippen LogP contribution in [0.15, 0.2) is 60.2 Å². The van der Waals surface area contributed by atoms with Crippen molar-refractivity contribution < 1.29 is 34.0 Å². The quantitative estimate of drug-likeness (QED) is 0.185. The fourth-order valence-corrected chi connectivity index (χ4v) is 6.21. The number of amides is 1. The van der Waals surface area contributed by atoms with Gasteiger partial charge in [-0.15, -0.1) is 0 Å². The van der Waals surface area contributed by atoms with Gasteiger partial charge in [-0.05, 0) is 73.5 Å². The summed E-state index contributed by atoms with van der Waals surface area (Å²) in [7, 11) is 1.41. The van der Waals surface area contributed by atoms with Crippen molar-refractivity contribution >= 4 is 44.1 Å². The summed E-state index contributed by atoms with van der Waals surface area (Å²) in [4.78, 5) is 33.1. The molecular weight excluding hydrogens is 532 g/mol. The van der Waals surface area contributed by atoms with E-state index in [1.54, 1.807) is 42.5 Å². The van der Waals surface area contributed by atoms with Crippen molar-refractivity contribution in [2.45, 2.75) is 32.4 Å². The topological polar surface area (TPSA) is 118 Å². The summed E-state index contributed by atoms with van der Waals surface area (Å²) in [5, 5.41) is 22.1. The number of phenols is 1. The predicted octanol–water partition coefficient (Wildman–Crippen LogP) is 5.36. The minimum atomic E-state index is -1.02. The Morgan fingerprint density at radius 1 is 1.15 bits per heavy atom. The number of hydrogen-bond donors (Lipinski definition) is 2. The fraction of sp³-hybridized carbons (Fsp3) is 0.233. The Morgan fingerprint density at radius 2 is 1.98 bits per heavy atom. The van der Waals surface area contributed by atoms with Crippen LogP contribution < -0.4 is 19.1 Å². The van der Waals surface area contributed by atoms with E-state index in [1.165, 1.54) is 29.4 Å². The van der Waals surface area contributed by atoms with Crippen LogP contribution in [0.3, 0.4) is 0 Å². The number of aromatic nitrogens is 1.